The quantitative estimate of drug-likeness (QED) is 0.716. The lowest BCUT2D eigenvalue weighted by Crippen LogP contribution is -2.28. The van der Waals surface area contributed by atoms with Crippen molar-refractivity contribution in [2.24, 2.45) is 0 Å². The first kappa shape index (κ1) is 16.5. The molecule has 2 aromatic carbocycles. The number of likely N-dealkylation sites (N-methyl/N-ethyl adjacent to an activating group) is 1. The molecule has 0 N–H and O–H groups in total. The van der Waals surface area contributed by atoms with E-state index in [-0.39, 0.29) is 5.69 Å². The summed E-state index contributed by atoms with van der Waals surface area (Å²) in [5.74, 6) is 0.641. The van der Waals surface area contributed by atoms with Crippen LogP contribution >= 0.6 is 11.6 Å². The summed E-state index contributed by atoms with van der Waals surface area (Å²) in [6.07, 6.45) is 0. The van der Waals surface area contributed by atoms with E-state index < -0.39 is 0 Å². The molecule has 0 aliphatic rings. The molecule has 6 heteroatoms. The van der Waals surface area contributed by atoms with Crippen LogP contribution < -0.4 is 5.69 Å². The van der Waals surface area contributed by atoms with Crippen LogP contribution in [-0.2, 0) is 6.54 Å². The van der Waals surface area contributed by atoms with Crippen molar-refractivity contribution in [3.05, 3.63) is 70.1 Å². The third-order valence-corrected chi connectivity index (χ3v) is 4.07. The zero-order chi connectivity index (χ0) is 17.1. The Morgan fingerprint density at radius 3 is 2.38 bits per heavy atom. The van der Waals surface area contributed by atoms with Gasteiger partial charge in [0.2, 0.25) is 0 Å². The number of halogens is 1. The van der Waals surface area contributed by atoms with Gasteiger partial charge in [0.25, 0.3) is 0 Å². The molecule has 1 heterocycles. The highest BCUT2D eigenvalue weighted by molar-refractivity contribution is 6.32. The van der Waals surface area contributed by atoms with E-state index in [2.05, 4.69) is 5.10 Å². The van der Waals surface area contributed by atoms with Gasteiger partial charge < -0.3 is 4.90 Å². The van der Waals surface area contributed by atoms with E-state index in [1.807, 2.05) is 61.5 Å². The van der Waals surface area contributed by atoms with Gasteiger partial charge in [-0.1, -0.05) is 54.1 Å². The fourth-order valence-corrected chi connectivity index (χ4v) is 2.69. The summed E-state index contributed by atoms with van der Waals surface area (Å²) < 4.78 is 3.07. The second-order valence-corrected chi connectivity index (χ2v) is 6.20. The topological polar surface area (TPSA) is 43.1 Å². The van der Waals surface area contributed by atoms with E-state index in [0.717, 1.165) is 12.1 Å². The molecule has 0 amide bonds. The van der Waals surface area contributed by atoms with Crippen molar-refractivity contribution in [2.75, 3.05) is 20.6 Å². The van der Waals surface area contributed by atoms with Gasteiger partial charge in [0.15, 0.2) is 5.82 Å². The summed E-state index contributed by atoms with van der Waals surface area (Å²) in [5.41, 5.74) is 1.30. The Balaban J connectivity index is 2.16. The summed E-state index contributed by atoms with van der Waals surface area (Å²) in [6.45, 7) is 1.30. The maximum atomic E-state index is 12.9. The minimum atomic E-state index is -0.191. The van der Waals surface area contributed by atoms with E-state index in [1.165, 1.54) is 4.68 Å². The Kier molecular flexibility index (Phi) is 4.83. The van der Waals surface area contributed by atoms with Crippen molar-refractivity contribution in [1.29, 1.82) is 0 Å². The summed E-state index contributed by atoms with van der Waals surface area (Å²) in [7, 11) is 3.96. The van der Waals surface area contributed by atoms with E-state index in [9.17, 15) is 4.79 Å². The van der Waals surface area contributed by atoms with Crippen LogP contribution in [-0.4, -0.2) is 39.9 Å². The van der Waals surface area contributed by atoms with E-state index in [0.29, 0.717) is 23.1 Å². The third kappa shape index (κ3) is 3.27. The number of aromatic nitrogens is 3. The SMILES string of the molecule is CN(C)CCn1c(-c2ccccc2)nn(-c2ccccc2Cl)c1=O. The number of nitrogens with zero attached hydrogens (tertiary/aromatic N) is 4. The number of hydrogen-bond acceptors (Lipinski definition) is 3. The minimum absolute atomic E-state index is 0.191. The Labute approximate surface area is 145 Å². The highest BCUT2D eigenvalue weighted by Crippen LogP contribution is 2.20. The van der Waals surface area contributed by atoms with Crippen LogP contribution in [0.4, 0.5) is 0 Å². The largest absolute Gasteiger partial charge is 0.351 e. The van der Waals surface area contributed by atoms with Crippen LogP contribution in [0.3, 0.4) is 0 Å². The van der Waals surface area contributed by atoms with Crippen LogP contribution in [0.2, 0.25) is 5.02 Å². The first-order valence-corrected chi connectivity index (χ1v) is 8.10. The first-order chi connectivity index (χ1) is 11.6. The molecule has 0 atom stereocenters. The standard InChI is InChI=1S/C18H19ClN4O/c1-21(2)12-13-22-17(14-8-4-3-5-9-14)20-23(18(22)24)16-11-7-6-10-15(16)19/h3-11H,12-13H2,1-2H3. The van der Waals surface area contributed by atoms with Gasteiger partial charge in [-0.3, -0.25) is 4.57 Å². The summed E-state index contributed by atoms with van der Waals surface area (Å²) in [6, 6.07) is 16.9. The number of benzene rings is 2. The Bertz CT molecular complexity index is 884. The Hall–Kier alpha value is -2.37. The highest BCUT2D eigenvalue weighted by atomic mass is 35.5. The maximum absolute atomic E-state index is 12.9. The molecule has 1 aromatic heterocycles. The van der Waals surface area contributed by atoms with E-state index in [4.69, 9.17) is 11.6 Å². The first-order valence-electron chi connectivity index (χ1n) is 7.73. The van der Waals surface area contributed by atoms with Gasteiger partial charge >= 0.3 is 5.69 Å². The fraction of sp³-hybridized carbons (Fsp3) is 0.222. The molecule has 124 valence electrons. The molecule has 0 spiro atoms. The summed E-state index contributed by atoms with van der Waals surface area (Å²) in [4.78, 5) is 15.0. The molecule has 0 unspecified atom stereocenters. The predicted octanol–water partition coefficient (Wildman–Crippen LogP) is 2.92. The van der Waals surface area contributed by atoms with E-state index >= 15 is 0 Å². The lowest BCUT2D eigenvalue weighted by molar-refractivity contribution is 0.381. The van der Waals surface area contributed by atoms with Crippen LogP contribution in [0.5, 0.6) is 0 Å². The van der Waals surface area contributed by atoms with Gasteiger partial charge in [-0.25, -0.2) is 4.79 Å². The van der Waals surface area contributed by atoms with Gasteiger partial charge in [-0.2, -0.15) is 4.68 Å². The van der Waals surface area contributed by atoms with Crippen LogP contribution in [0, 0.1) is 0 Å². The smallest absolute Gasteiger partial charge is 0.308 e. The van der Waals surface area contributed by atoms with Crippen LogP contribution in [0.1, 0.15) is 0 Å². The van der Waals surface area contributed by atoms with Crippen molar-refractivity contribution < 1.29 is 0 Å². The van der Waals surface area contributed by atoms with Crippen molar-refractivity contribution in [1.82, 2.24) is 19.2 Å². The molecule has 24 heavy (non-hydrogen) atoms. The van der Waals surface area contributed by atoms with Crippen molar-refractivity contribution in [3.8, 4) is 17.1 Å². The van der Waals surface area contributed by atoms with Crippen LogP contribution in [0.25, 0.3) is 17.1 Å². The van der Waals surface area contributed by atoms with Gasteiger partial charge in [0.1, 0.15) is 0 Å². The van der Waals surface area contributed by atoms with Gasteiger partial charge in [-0.05, 0) is 26.2 Å². The maximum Gasteiger partial charge on any atom is 0.351 e. The average molecular weight is 343 g/mol. The minimum Gasteiger partial charge on any atom is -0.308 e. The molecular formula is C18H19ClN4O. The van der Waals surface area contributed by atoms with Gasteiger partial charge in [0.05, 0.1) is 10.7 Å². The zero-order valence-electron chi connectivity index (χ0n) is 13.7. The van der Waals surface area contributed by atoms with Gasteiger partial charge in [0, 0.05) is 18.7 Å². The molecule has 3 rings (SSSR count). The highest BCUT2D eigenvalue weighted by Gasteiger charge is 2.17. The van der Waals surface area contributed by atoms with Crippen molar-refractivity contribution in [2.45, 2.75) is 6.54 Å². The normalized spacial score (nSPS) is 11.2. The van der Waals surface area contributed by atoms with Gasteiger partial charge in [-0.15, -0.1) is 5.10 Å². The fourth-order valence-electron chi connectivity index (χ4n) is 2.48. The second kappa shape index (κ2) is 7.03. The molecule has 0 fully saturated rings. The third-order valence-electron chi connectivity index (χ3n) is 3.75. The lowest BCUT2D eigenvalue weighted by Gasteiger charge is -2.10. The Morgan fingerprint density at radius 2 is 1.71 bits per heavy atom. The predicted molar refractivity (Wildman–Crippen MR) is 96.8 cm³/mol. The number of hydrogen-bond donors (Lipinski definition) is 0. The Morgan fingerprint density at radius 1 is 1.04 bits per heavy atom. The van der Waals surface area contributed by atoms with E-state index in [1.54, 1.807) is 16.7 Å². The number of para-hydroxylation sites is 1. The van der Waals surface area contributed by atoms with Crippen molar-refractivity contribution in [3.63, 3.8) is 0 Å². The molecule has 0 aliphatic carbocycles. The van der Waals surface area contributed by atoms with Crippen molar-refractivity contribution >= 4 is 11.6 Å². The molecule has 0 saturated carbocycles. The van der Waals surface area contributed by atoms with Crippen LogP contribution in [0.15, 0.2) is 59.4 Å². The number of rotatable bonds is 5. The monoisotopic (exact) mass is 342 g/mol. The summed E-state index contributed by atoms with van der Waals surface area (Å²) in [5, 5.41) is 5.05. The molecule has 0 radical (unpaired) electrons. The molecule has 0 bridgehead atoms. The molecule has 0 aliphatic heterocycles. The summed E-state index contributed by atoms with van der Waals surface area (Å²) >= 11 is 6.25. The molecule has 3 aromatic rings. The molecule has 5 nitrogen and oxygen atoms in total. The zero-order valence-corrected chi connectivity index (χ0v) is 14.4. The second-order valence-electron chi connectivity index (χ2n) is 5.79. The lowest BCUT2D eigenvalue weighted by atomic mass is 10.2. The molecular weight excluding hydrogens is 324 g/mol. The molecule has 0 saturated heterocycles. The average Bonchev–Trinajstić information content (AvgIpc) is 2.91.